The van der Waals surface area contributed by atoms with E-state index in [0.29, 0.717) is 0 Å². The Balaban J connectivity index is 1.89. The maximum atomic E-state index is 5.30. The molecule has 72 valence electrons. The molecule has 1 aliphatic heterocycles. The summed E-state index contributed by atoms with van der Waals surface area (Å²) in [6.07, 6.45) is 6.18. The van der Waals surface area contributed by atoms with Crippen LogP contribution in [0.1, 0.15) is 12.8 Å². The highest BCUT2D eigenvalue weighted by Gasteiger charge is 2.14. The number of hydrogen-bond donors (Lipinski definition) is 0. The van der Waals surface area contributed by atoms with Gasteiger partial charge in [0.2, 0.25) is 0 Å². The Hall–Kier alpha value is -0.350. The van der Waals surface area contributed by atoms with Crippen molar-refractivity contribution in [2.45, 2.75) is 19.4 Å². The van der Waals surface area contributed by atoms with Crippen LogP contribution in [0.3, 0.4) is 0 Å². The van der Waals surface area contributed by atoms with Crippen LogP contribution in [-0.4, -0.2) is 23.0 Å². The largest absolute Gasteiger partial charge is 0.381 e. The highest BCUT2D eigenvalue weighted by Crippen LogP contribution is 2.17. The number of aromatic nitrogens is 2. The first kappa shape index (κ1) is 9.21. The zero-order valence-electron chi connectivity index (χ0n) is 7.45. The van der Waals surface area contributed by atoms with Crippen LogP contribution in [0.15, 0.2) is 16.9 Å². The molecular formula is C9H13BrN2O. The van der Waals surface area contributed by atoms with E-state index in [4.69, 9.17) is 4.74 Å². The Bertz CT molecular complexity index is 268. The summed E-state index contributed by atoms with van der Waals surface area (Å²) < 4.78 is 8.36. The van der Waals surface area contributed by atoms with Gasteiger partial charge in [0.05, 0.1) is 10.7 Å². The molecule has 13 heavy (non-hydrogen) atoms. The first-order valence-corrected chi connectivity index (χ1v) is 5.39. The zero-order valence-corrected chi connectivity index (χ0v) is 9.03. The summed E-state index contributed by atoms with van der Waals surface area (Å²) >= 11 is 3.39. The summed E-state index contributed by atoms with van der Waals surface area (Å²) in [6, 6.07) is 0. The van der Waals surface area contributed by atoms with Gasteiger partial charge in [-0.15, -0.1) is 0 Å². The van der Waals surface area contributed by atoms with Crippen molar-refractivity contribution in [3.63, 3.8) is 0 Å². The Labute approximate surface area is 86.2 Å². The minimum Gasteiger partial charge on any atom is -0.381 e. The lowest BCUT2D eigenvalue weighted by molar-refractivity contribution is 0.0601. The van der Waals surface area contributed by atoms with E-state index in [1.807, 2.05) is 17.1 Å². The van der Waals surface area contributed by atoms with E-state index in [-0.39, 0.29) is 0 Å². The van der Waals surface area contributed by atoms with Crippen LogP contribution < -0.4 is 0 Å². The van der Waals surface area contributed by atoms with Gasteiger partial charge >= 0.3 is 0 Å². The van der Waals surface area contributed by atoms with Crippen LogP contribution in [0.2, 0.25) is 0 Å². The smallest absolute Gasteiger partial charge is 0.0632 e. The summed E-state index contributed by atoms with van der Waals surface area (Å²) in [5.41, 5.74) is 0. The minimum atomic E-state index is 0.737. The molecule has 0 radical (unpaired) electrons. The van der Waals surface area contributed by atoms with Crippen molar-refractivity contribution in [1.29, 1.82) is 0 Å². The molecule has 0 bridgehead atoms. The van der Waals surface area contributed by atoms with Gasteiger partial charge in [-0.3, -0.25) is 4.68 Å². The number of halogens is 1. The molecule has 0 aliphatic carbocycles. The summed E-state index contributed by atoms with van der Waals surface area (Å²) in [4.78, 5) is 0. The molecule has 1 aromatic heterocycles. The second-order valence-electron chi connectivity index (χ2n) is 3.44. The van der Waals surface area contributed by atoms with Gasteiger partial charge in [-0.1, -0.05) is 0 Å². The SMILES string of the molecule is Brc1cnn(CC2CCOCC2)c1. The topological polar surface area (TPSA) is 27.1 Å². The Morgan fingerprint density at radius 3 is 2.92 bits per heavy atom. The third kappa shape index (κ3) is 2.54. The van der Waals surface area contributed by atoms with Crippen LogP contribution in [0, 0.1) is 5.92 Å². The molecule has 2 rings (SSSR count). The molecule has 0 unspecified atom stereocenters. The monoisotopic (exact) mass is 244 g/mol. The van der Waals surface area contributed by atoms with E-state index in [1.165, 1.54) is 0 Å². The quantitative estimate of drug-likeness (QED) is 0.797. The first-order valence-electron chi connectivity index (χ1n) is 4.60. The number of hydrogen-bond acceptors (Lipinski definition) is 2. The lowest BCUT2D eigenvalue weighted by atomic mass is 10.0. The van der Waals surface area contributed by atoms with Gasteiger partial charge in [0.15, 0.2) is 0 Å². The van der Waals surface area contributed by atoms with E-state index in [1.54, 1.807) is 0 Å². The highest BCUT2D eigenvalue weighted by atomic mass is 79.9. The van der Waals surface area contributed by atoms with E-state index < -0.39 is 0 Å². The molecule has 0 spiro atoms. The number of rotatable bonds is 2. The van der Waals surface area contributed by atoms with Crippen molar-refractivity contribution >= 4 is 15.9 Å². The summed E-state index contributed by atoms with van der Waals surface area (Å²) in [5.74, 6) is 0.737. The van der Waals surface area contributed by atoms with Crippen LogP contribution in [-0.2, 0) is 11.3 Å². The first-order chi connectivity index (χ1) is 6.34. The van der Waals surface area contributed by atoms with Crippen molar-refractivity contribution in [3.8, 4) is 0 Å². The molecule has 0 amide bonds. The van der Waals surface area contributed by atoms with Gasteiger partial charge in [0.1, 0.15) is 0 Å². The number of nitrogens with zero attached hydrogens (tertiary/aromatic N) is 2. The average Bonchev–Trinajstić information content (AvgIpc) is 2.53. The van der Waals surface area contributed by atoms with Gasteiger partial charge in [0.25, 0.3) is 0 Å². The molecule has 3 nitrogen and oxygen atoms in total. The standard InChI is InChI=1S/C9H13BrN2O/c10-9-5-11-12(7-9)6-8-1-3-13-4-2-8/h5,7-8H,1-4,6H2. The van der Waals surface area contributed by atoms with Crippen LogP contribution >= 0.6 is 15.9 Å². The molecule has 0 saturated carbocycles. The Morgan fingerprint density at radius 1 is 1.54 bits per heavy atom. The second-order valence-corrected chi connectivity index (χ2v) is 4.35. The fraction of sp³-hybridized carbons (Fsp3) is 0.667. The molecule has 0 N–H and O–H groups in total. The van der Waals surface area contributed by atoms with Gasteiger partial charge in [-0.25, -0.2) is 0 Å². The predicted molar refractivity (Wildman–Crippen MR) is 53.5 cm³/mol. The van der Waals surface area contributed by atoms with E-state index >= 15 is 0 Å². The maximum absolute atomic E-state index is 5.30. The zero-order chi connectivity index (χ0) is 9.10. The summed E-state index contributed by atoms with van der Waals surface area (Å²) in [6.45, 7) is 2.84. The van der Waals surface area contributed by atoms with Crippen molar-refractivity contribution in [3.05, 3.63) is 16.9 Å². The van der Waals surface area contributed by atoms with Crippen LogP contribution in [0.25, 0.3) is 0 Å². The molecule has 1 aromatic rings. The number of ether oxygens (including phenoxy) is 1. The third-order valence-corrected chi connectivity index (χ3v) is 2.80. The van der Waals surface area contributed by atoms with E-state index in [9.17, 15) is 0 Å². The van der Waals surface area contributed by atoms with Gasteiger partial charge < -0.3 is 4.74 Å². The van der Waals surface area contributed by atoms with E-state index in [2.05, 4.69) is 21.0 Å². The van der Waals surface area contributed by atoms with Crippen molar-refractivity contribution in [1.82, 2.24) is 9.78 Å². The lowest BCUT2D eigenvalue weighted by Gasteiger charge is -2.21. The minimum absolute atomic E-state index is 0.737. The lowest BCUT2D eigenvalue weighted by Crippen LogP contribution is -2.20. The molecule has 4 heteroatoms. The van der Waals surface area contributed by atoms with Crippen LogP contribution in [0.5, 0.6) is 0 Å². The molecular weight excluding hydrogens is 232 g/mol. The van der Waals surface area contributed by atoms with Crippen molar-refractivity contribution in [2.24, 2.45) is 5.92 Å². The van der Waals surface area contributed by atoms with E-state index in [0.717, 1.165) is 43.0 Å². The Kier molecular flexibility index (Phi) is 3.01. The summed E-state index contributed by atoms with van der Waals surface area (Å²) in [7, 11) is 0. The van der Waals surface area contributed by atoms with Crippen LogP contribution in [0.4, 0.5) is 0 Å². The predicted octanol–water partition coefficient (Wildman–Crippen LogP) is 2.07. The Morgan fingerprint density at radius 2 is 2.31 bits per heavy atom. The summed E-state index contributed by atoms with van der Waals surface area (Å²) in [5, 5.41) is 4.24. The third-order valence-electron chi connectivity index (χ3n) is 2.39. The van der Waals surface area contributed by atoms with Crippen molar-refractivity contribution < 1.29 is 4.74 Å². The van der Waals surface area contributed by atoms with Gasteiger partial charge in [0, 0.05) is 26.0 Å². The van der Waals surface area contributed by atoms with Crippen molar-refractivity contribution in [2.75, 3.05) is 13.2 Å². The molecule has 0 atom stereocenters. The molecule has 1 saturated heterocycles. The normalized spacial score (nSPS) is 19.2. The van der Waals surface area contributed by atoms with Gasteiger partial charge in [-0.2, -0.15) is 5.10 Å². The fourth-order valence-corrected chi connectivity index (χ4v) is 1.96. The second kappa shape index (κ2) is 4.24. The average molecular weight is 245 g/mol. The molecule has 2 heterocycles. The molecule has 1 aliphatic rings. The maximum Gasteiger partial charge on any atom is 0.0632 e. The molecule has 0 aromatic carbocycles. The van der Waals surface area contributed by atoms with Gasteiger partial charge in [-0.05, 0) is 34.7 Å². The molecule has 1 fully saturated rings. The fourth-order valence-electron chi connectivity index (χ4n) is 1.63. The highest BCUT2D eigenvalue weighted by molar-refractivity contribution is 9.10.